The molecule has 2 aromatic heterocycles. The van der Waals surface area contributed by atoms with Crippen LogP contribution in [-0.4, -0.2) is 26.4 Å². The lowest BCUT2D eigenvalue weighted by Gasteiger charge is -2.26. The van der Waals surface area contributed by atoms with Gasteiger partial charge in [0.1, 0.15) is 11.5 Å². The van der Waals surface area contributed by atoms with Crippen LogP contribution < -0.4 is 10.9 Å². The van der Waals surface area contributed by atoms with Gasteiger partial charge >= 0.3 is 0 Å². The van der Waals surface area contributed by atoms with Gasteiger partial charge in [0.05, 0.1) is 11.7 Å². The molecule has 4 rings (SSSR count). The summed E-state index contributed by atoms with van der Waals surface area (Å²) in [5.74, 6) is 0.436. The highest BCUT2D eigenvalue weighted by molar-refractivity contribution is 7.99. The topological polar surface area (TPSA) is 79.8 Å². The number of carbonyl (C=O) groups excluding carboxylic acids is 1. The van der Waals surface area contributed by atoms with E-state index in [0.29, 0.717) is 17.6 Å². The lowest BCUT2D eigenvalue weighted by atomic mass is 10.0. The van der Waals surface area contributed by atoms with Crippen LogP contribution in [0.3, 0.4) is 0 Å². The molecule has 6 nitrogen and oxygen atoms in total. The Morgan fingerprint density at radius 2 is 2.21 bits per heavy atom. The quantitative estimate of drug-likeness (QED) is 0.687. The van der Waals surface area contributed by atoms with Crippen molar-refractivity contribution in [1.29, 1.82) is 0 Å². The number of carbonyl (C=O) groups is 1. The summed E-state index contributed by atoms with van der Waals surface area (Å²) in [7, 11) is 1.79. The van der Waals surface area contributed by atoms with Crippen LogP contribution in [0.15, 0.2) is 27.9 Å². The van der Waals surface area contributed by atoms with Crippen LogP contribution >= 0.6 is 11.8 Å². The number of aryl methyl sites for hydroxylation is 3. The van der Waals surface area contributed by atoms with Crippen LogP contribution in [-0.2, 0) is 18.3 Å². The number of benzene rings is 1. The van der Waals surface area contributed by atoms with Gasteiger partial charge in [-0.25, -0.2) is 4.39 Å². The molecule has 3 aromatic rings. The van der Waals surface area contributed by atoms with Crippen molar-refractivity contribution in [2.24, 2.45) is 7.05 Å². The Morgan fingerprint density at radius 3 is 3.00 bits per heavy atom. The molecular weight excluding hydrogens is 391 g/mol. The van der Waals surface area contributed by atoms with Gasteiger partial charge in [-0.3, -0.25) is 14.3 Å². The standard InChI is InChI=1S/C21H23FN4O2S/c1-11-14(21(28)24-20-19(11)12(2)25-26(20)3)5-7-18(27)23-16-8-9-29-17-6-4-13(22)10-15(16)17/h4,6,10,16H,5,7-9H2,1-3H3,(H,23,27)(H,24,28). The molecule has 0 fully saturated rings. The van der Waals surface area contributed by atoms with Crippen LogP contribution in [0, 0.1) is 19.7 Å². The summed E-state index contributed by atoms with van der Waals surface area (Å²) >= 11 is 1.68. The molecule has 2 N–H and O–H groups in total. The fourth-order valence-corrected chi connectivity index (χ4v) is 5.18. The van der Waals surface area contributed by atoms with Gasteiger partial charge in [-0.2, -0.15) is 5.10 Å². The molecule has 1 aliphatic rings. The van der Waals surface area contributed by atoms with E-state index in [4.69, 9.17) is 0 Å². The third kappa shape index (κ3) is 3.69. The number of rotatable bonds is 4. The number of fused-ring (bicyclic) bond motifs is 2. The van der Waals surface area contributed by atoms with Gasteiger partial charge in [-0.15, -0.1) is 11.8 Å². The van der Waals surface area contributed by atoms with E-state index in [1.54, 1.807) is 29.6 Å². The number of hydrogen-bond acceptors (Lipinski definition) is 4. The first-order chi connectivity index (χ1) is 13.8. The fraction of sp³-hybridized carbons (Fsp3) is 0.381. The Bertz CT molecular complexity index is 1170. The molecule has 1 amide bonds. The van der Waals surface area contributed by atoms with E-state index in [2.05, 4.69) is 15.4 Å². The second-order valence-corrected chi connectivity index (χ2v) is 8.57. The Hall–Kier alpha value is -2.61. The van der Waals surface area contributed by atoms with Crippen molar-refractivity contribution in [2.45, 2.75) is 44.0 Å². The number of aromatic nitrogens is 3. The van der Waals surface area contributed by atoms with Crippen molar-refractivity contribution in [3.05, 3.63) is 56.8 Å². The van der Waals surface area contributed by atoms with E-state index in [1.807, 2.05) is 13.8 Å². The molecule has 1 unspecified atom stereocenters. The minimum absolute atomic E-state index is 0.140. The number of thioether (sulfide) groups is 1. The molecule has 0 saturated carbocycles. The first kappa shape index (κ1) is 19.7. The monoisotopic (exact) mass is 414 g/mol. The van der Waals surface area contributed by atoms with Crippen LogP contribution in [0.4, 0.5) is 4.39 Å². The van der Waals surface area contributed by atoms with E-state index in [1.165, 1.54) is 12.1 Å². The highest BCUT2D eigenvalue weighted by Crippen LogP contribution is 2.36. The van der Waals surface area contributed by atoms with E-state index in [0.717, 1.165) is 39.3 Å². The van der Waals surface area contributed by atoms with Crippen LogP contribution in [0.1, 0.15) is 41.3 Å². The van der Waals surface area contributed by atoms with Gasteiger partial charge in [0, 0.05) is 35.1 Å². The van der Waals surface area contributed by atoms with E-state index in [9.17, 15) is 14.0 Å². The first-order valence-corrected chi connectivity index (χ1v) is 10.6. The van der Waals surface area contributed by atoms with Crippen molar-refractivity contribution in [3.8, 4) is 0 Å². The number of hydrogen-bond donors (Lipinski definition) is 2. The smallest absolute Gasteiger partial charge is 0.253 e. The number of nitrogens with one attached hydrogen (secondary N) is 2. The van der Waals surface area contributed by atoms with E-state index >= 15 is 0 Å². The molecule has 0 spiro atoms. The number of H-pyrrole nitrogens is 1. The molecular formula is C21H23FN4O2S. The molecule has 3 heterocycles. The third-order valence-corrected chi connectivity index (χ3v) is 6.63. The molecule has 8 heteroatoms. The Morgan fingerprint density at radius 1 is 1.41 bits per heavy atom. The second kappa shape index (κ2) is 7.67. The fourth-order valence-electron chi connectivity index (χ4n) is 4.08. The Kier molecular flexibility index (Phi) is 5.21. The zero-order valence-electron chi connectivity index (χ0n) is 16.6. The number of nitrogens with zero attached hydrogens (tertiary/aromatic N) is 2. The molecule has 0 aliphatic carbocycles. The third-order valence-electron chi connectivity index (χ3n) is 5.50. The second-order valence-electron chi connectivity index (χ2n) is 7.43. The molecule has 0 radical (unpaired) electrons. The average molecular weight is 415 g/mol. The maximum Gasteiger partial charge on any atom is 0.253 e. The minimum atomic E-state index is -0.298. The zero-order valence-corrected chi connectivity index (χ0v) is 17.5. The summed E-state index contributed by atoms with van der Waals surface area (Å²) in [5.41, 5.74) is 3.65. The lowest BCUT2D eigenvalue weighted by Crippen LogP contribution is -2.31. The van der Waals surface area contributed by atoms with Gasteiger partial charge in [-0.1, -0.05) is 0 Å². The molecule has 0 saturated heterocycles. The molecule has 1 aliphatic heterocycles. The summed E-state index contributed by atoms with van der Waals surface area (Å²) < 4.78 is 15.3. The van der Waals surface area contributed by atoms with Crippen molar-refractivity contribution >= 4 is 28.7 Å². The maximum atomic E-state index is 13.7. The molecule has 29 heavy (non-hydrogen) atoms. The lowest BCUT2D eigenvalue weighted by molar-refractivity contribution is -0.121. The van der Waals surface area contributed by atoms with Gasteiger partial charge in [0.25, 0.3) is 5.56 Å². The van der Waals surface area contributed by atoms with Gasteiger partial charge in [0.2, 0.25) is 5.91 Å². The SMILES string of the molecule is Cc1nn(C)c2[nH]c(=O)c(CCC(=O)NC3CCSc4ccc(F)cc43)c(C)c12. The minimum Gasteiger partial charge on any atom is -0.349 e. The highest BCUT2D eigenvalue weighted by Gasteiger charge is 2.23. The number of amides is 1. The summed E-state index contributed by atoms with van der Waals surface area (Å²) in [6, 6.07) is 4.52. The van der Waals surface area contributed by atoms with Gasteiger partial charge in [0.15, 0.2) is 0 Å². The van der Waals surface area contributed by atoms with E-state index in [-0.39, 0.29) is 29.7 Å². The number of aromatic amines is 1. The van der Waals surface area contributed by atoms with Crippen LogP contribution in [0.5, 0.6) is 0 Å². The van der Waals surface area contributed by atoms with Crippen molar-refractivity contribution in [1.82, 2.24) is 20.1 Å². The predicted octanol–water partition coefficient (Wildman–Crippen LogP) is 3.30. The normalized spacial score (nSPS) is 16.1. The molecule has 0 bridgehead atoms. The van der Waals surface area contributed by atoms with Crippen molar-refractivity contribution in [2.75, 3.05) is 5.75 Å². The van der Waals surface area contributed by atoms with E-state index < -0.39 is 0 Å². The van der Waals surface area contributed by atoms with Crippen molar-refractivity contribution in [3.63, 3.8) is 0 Å². The number of pyridine rings is 1. The predicted molar refractivity (Wildman–Crippen MR) is 112 cm³/mol. The van der Waals surface area contributed by atoms with Crippen molar-refractivity contribution < 1.29 is 9.18 Å². The summed E-state index contributed by atoms with van der Waals surface area (Å²) in [6.07, 6.45) is 1.30. The zero-order chi connectivity index (χ0) is 20.7. The molecule has 1 atom stereocenters. The van der Waals surface area contributed by atoms with Gasteiger partial charge in [-0.05, 0) is 56.0 Å². The highest BCUT2D eigenvalue weighted by atomic mass is 32.2. The molecule has 1 aromatic carbocycles. The summed E-state index contributed by atoms with van der Waals surface area (Å²) in [5, 5.41) is 8.31. The summed E-state index contributed by atoms with van der Waals surface area (Å²) in [6.45, 7) is 3.80. The Balaban J connectivity index is 1.51. The summed E-state index contributed by atoms with van der Waals surface area (Å²) in [4.78, 5) is 29.0. The van der Waals surface area contributed by atoms with Crippen LogP contribution in [0.25, 0.3) is 11.0 Å². The molecule has 152 valence electrons. The average Bonchev–Trinajstić information content (AvgIpc) is 2.95. The Labute approximate surface area is 171 Å². The van der Waals surface area contributed by atoms with Gasteiger partial charge < -0.3 is 10.3 Å². The largest absolute Gasteiger partial charge is 0.349 e. The number of halogens is 1. The maximum absolute atomic E-state index is 13.7. The van der Waals surface area contributed by atoms with Crippen LogP contribution in [0.2, 0.25) is 0 Å². The first-order valence-electron chi connectivity index (χ1n) is 9.62.